The Kier molecular flexibility index (Phi) is 7.16. The number of hydrogen-bond donors (Lipinski definition) is 1. The number of carbonyl (C=O) groups is 1. The van der Waals surface area contributed by atoms with Crippen molar-refractivity contribution in [3.63, 3.8) is 0 Å². The van der Waals surface area contributed by atoms with Gasteiger partial charge in [-0.3, -0.25) is 9.69 Å². The molecule has 27 heavy (non-hydrogen) atoms. The van der Waals surface area contributed by atoms with E-state index in [4.69, 9.17) is 16.3 Å². The highest BCUT2D eigenvalue weighted by atomic mass is 35.5. The lowest BCUT2D eigenvalue weighted by Crippen LogP contribution is -2.42. The number of thiophene rings is 1. The van der Waals surface area contributed by atoms with Gasteiger partial charge in [-0.1, -0.05) is 24.6 Å². The van der Waals surface area contributed by atoms with Crippen LogP contribution in [0.3, 0.4) is 0 Å². The summed E-state index contributed by atoms with van der Waals surface area (Å²) in [6.45, 7) is 5.11. The molecule has 0 spiro atoms. The molecular weight excluding hydrogens is 380 g/mol. The summed E-state index contributed by atoms with van der Waals surface area (Å²) >= 11 is 7.83. The van der Waals surface area contributed by atoms with Crippen molar-refractivity contribution in [2.24, 2.45) is 5.92 Å². The van der Waals surface area contributed by atoms with Gasteiger partial charge in [-0.15, -0.1) is 11.3 Å². The molecule has 2 heterocycles. The van der Waals surface area contributed by atoms with Gasteiger partial charge in [0.1, 0.15) is 5.75 Å². The van der Waals surface area contributed by atoms with Crippen molar-refractivity contribution in [2.45, 2.75) is 32.2 Å². The van der Waals surface area contributed by atoms with Gasteiger partial charge in [0.25, 0.3) is 0 Å². The summed E-state index contributed by atoms with van der Waals surface area (Å²) < 4.78 is 5.35. The molecule has 1 atom stereocenters. The molecule has 1 N–H and O–H groups in total. The summed E-state index contributed by atoms with van der Waals surface area (Å²) in [5.41, 5.74) is 0.807. The first-order valence-corrected chi connectivity index (χ1v) is 10.7. The third kappa shape index (κ3) is 5.47. The van der Waals surface area contributed by atoms with Gasteiger partial charge in [0.05, 0.1) is 19.6 Å². The lowest BCUT2D eigenvalue weighted by molar-refractivity contribution is -0.120. The fraction of sp³-hybridized carbons (Fsp3) is 0.476. The average Bonchev–Trinajstić information content (AvgIpc) is 3.18. The summed E-state index contributed by atoms with van der Waals surface area (Å²) in [5, 5.41) is 5.84. The summed E-state index contributed by atoms with van der Waals surface area (Å²) in [4.78, 5) is 16.4. The number of piperidine rings is 1. The highest BCUT2D eigenvalue weighted by molar-refractivity contribution is 7.10. The highest BCUT2D eigenvalue weighted by Gasteiger charge is 2.25. The summed E-state index contributed by atoms with van der Waals surface area (Å²) in [7, 11) is 1.61. The molecule has 1 aliphatic rings. The van der Waals surface area contributed by atoms with Gasteiger partial charge in [-0.2, -0.15) is 0 Å². The van der Waals surface area contributed by atoms with Gasteiger partial charge in [0, 0.05) is 22.0 Å². The zero-order chi connectivity index (χ0) is 19.2. The minimum Gasteiger partial charge on any atom is -0.496 e. The molecule has 0 bridgehead atoms. The number of ether oxygens (including phenoxy) is 1. The Morgan fingerprint density at radius 2 is 2.15 bits per heavy atom. The van der Waals surface area contributed by atoms with Crippen molar-refractivity contribution in [1.82, 2.24) is 10.2 Å². The van der Waals surface area contributed by atoms with Gasteiger partial charge in [0.2, 0.25) is 5.91 Å². The van der Waals surface area contributed by atoms with Crippen LogP contribution in [0.4, 0.5) is 0 Å². The molecule has 1 saturated heterocycles. The van der Waals surface area contributed by atoms with E-state index in [1.165, 1.54) is 17.7 Å². The van der Waals surface area contributed by atoms with Crippen LogP contribution in [0.1, 0.15) is 36.2 Å². The van der Waals surface area contributed by atoms with Crippen LogP contribution >= 0.6 is 22.9 Å². The summed E-state index contributed by atoms with van der Waals surface area (Å²) in [5.74, 6) is 1.46. The highest BCUT2D eigenvalue weighted by Crippen LogP contribution is 2.29. The molecule has 1 aromatic carbocycles. The zero-order valence-electron chi connectivity index (χ0n) is 15.9. The van der Waals surface area contributed by atoms with Crippen LogP contribution in [0.2, 0.25) is 5.02 Å². The second kappa shape index (κ2) is 9.58. The van der Waals surface area contributed by atoms with Gasteiger partial charge in [-0.05, 0) is 61.5 Å². The van der Waals surface area contributed by atoms with Crippen molar-refractivity contribution in [3.05, 3.63) is 51.2 Å². The van der Waals surface area contributed by atoms with E-state index in [-0.39, 0.29) is 18.4 Å². The predicted octanol–water partition coefficient (Wildman–Crippen LogP) is 4.54. The Morgan fingerprint density at radius 1 is 1.37 bits per heavy atom. The maximum atomic E-state index is 12.6. The molecule has 1 fully saturated rings. The van der Waals surface area contributed by atoms with Crippen LogP contribution < -0.4 is 10.1 Å². The van der Waals surface area contributed by atoms with Crippen LogP contribution in [0, 0.1) is 5.92 Å². The standard InChI is InChI=1S/C21H27ClN2O2S/c1-15-7-9-24(10-8-15)18(20-4-3-11-27-20)14-23-21(25)13-16-12-17(22)5-6-19(16)26-2/h3-6,11-12,15,18H,7-10,13-14H2,1-2H3,(H,23,25). The number of nitrogens with zero attached hydrogens (tertiary/aromatic N) is 1. The number of nitrogens with one attached hydrogen (secondary N) is 1. The van der Waals surface area contributed by atoms with Crippen LogP contribution in [0.5, 0.6) is 5.75 Å². The lowest BCUT2D eigenvalue weighted by atomic mass is 9.97. The number of benzene rings is 1. The van der Waals surface area contributed by atoms with Crippen molar-refractivity contribution in [1.29, 1.82) is 0 Å². The molecule has 1 aromatic heterocycles. The number of amides is 1. The monoisotopic (exact) mass is 406 g/mol. The van der Waals surface area contributed by atoms with Crippen molar-refractivity contribution in [2.75, 3.05) is 26.7 Å². The van der Waals surface area contributed by atoms with E-state index in [0.29, 0.717) is 17.3 Å². The first kappa shape index (κ1) is 20.2. The Labute approximate surface area is 170 Å². The summed E-state index contributed by atoms with van der Waals surface area (Å²) in [6, 6.07) is 9.85. The first-order chi connectivity index (χ1) is 13.1. The Balaban J connectivity index is 1.63. The van der Waals surface area contributed by atoms with E-state index in [0.717, 1.165) is 24.6 Å². The fourth-order valence-electron chi connectivity index (χ4n) is 3.56. The van der Waals surface area contributed by atoms with E-state index in [2.05, 4.69) is 34.7 Å². The largest absolute Gasteiger partial charge is 0.496 e. The number of likely N-dealkylation sites (tertiary alicyclic amines) is 1. The molecule has 1 unspecified atom stereocenters. The van der Waals surface area contributed by atoms with Crippen LogP contribution in [0.25, 0.3) is 0 Å². The molecule has 0 aliphatic carbocycles. The topological polar surface area (TPSA) is 41.6 Å². The number of rotatable bonds is 7. The van der Waals surface area contributed by atoms with Gasteiger partial charge in [-0.25, -0.2) is 0 Å². The molecule has 6 heteroatoms. The van der Waals surface area contributed by atoms with Crippen LogP contribution in [0.15, 0.2) is 35.7 Å². The normalized spacial score (nSPS) is 16.9. The second-order valence-corrected chi connectivity index (χ2v) is 8.60. The van der Waals surface area contributed by atoms with Crippen LogP contribution in [-0.2, 0) is 11.2 Å². The zero-order valence-corrected chi connectivity index (χ0v) is 17.5. The van der Waals surface area contributed by atoms with E-state index < -0.39 is 0 Å². The summed E-state index contributed by atoms with van der Waals surface area (Å²) in [6.07, 6.45) is 2.70. The maximum Gasteiger partial charge on any atom is 0.224 e. The molecule has 0 saturated carbocycles. The Hall–Kier alpha value is -1.56. The molecule has 2 aromatic rings. The van der Waals surface area contributed by atoms with E-state index in [9.17, 15) is 4.79 Å². The first-order valence-electron chi connectivity index (χ1n) is 9.43. The molecular formula is C21H27ClN2O2S. The van der Waals surface area contributed by atoms with Gasteiger partial charge in [0.15, 0.2) is 0 Å². The third-order valence-corrected chi connectivity index (χ3v) is 6.43. The number of methoxy groups -OCH3 is 1. The smallest absolute Gasteiger partial charge is 0.224 e. The number of carbonyl (C=O) groups excluding carboxylic acids is 1. The SMILES string of the molecule is COc1ccc(Cl)cc1CC(=O)NCC(c1cccs1)N1CCC(C)CC1. The van der Waals surface area contributed by atoms with Crippen molar-refractivity contribution < 1.29 is 9.53 Å². The molecule has 146 valence electrons. The van der Waals surface area contributed by atoms with Crippen molar-refractivity contribution in [3.8, 4) is 5.75 Å². The Bertz CT molecular complexity index is 743. The molecule has 4 nitrogen and oxygen atoms in total. The van der Waals surface area contributed by atoms with Crippen molar-refractivity contribution >= 4 is 28.8 Å². The number of halogens is 1. The lowest BCUT2D eigenvalue weighted by Gasteiger charge is -2.36. The minimum atomic E-state index is -0.0116. The maximum absolute atomic E-state index is 12.6. The molecule has 1 amide bonds. The Morgan fingerprint density at radius 3 is 2.81 bits per heavy atom. The third-order valence-electron chi connectivity index (χ3n) is 5.22. The minimum absolute atomic E-state index is 0.0116. The second-order valence-electron chi connectivity index (χ2n) is 7.19. The molecule has 0 radical (unpaired) electrons. The molecule has 1 aliphatic heterocycles. The number of hydrogen-bond acceptors (Lipinski definition) is 4. The average molecular weight is 407 g/mol. The van der Waals surface area contributed by atoms with Gasteiger partial charge < -0.3 is 10.1 Å². The molecule has 3 rings (SSSR count). The van der Waals surface area contributed by atoms with E-state index in [1.807, 2.05) is 0 Å². The predicted molar refractivity (Wildman–Crippen MR) is 112 cm³/mol. The van der Waals surface area contributed by atoms with E-state index >= 15 is 0 Å². The van der Waals surface area contributed by atoms with E-state index in [1.54, 1.807) is 36.6 Å². The fourth-order valence-corrected chi connectivity index (χ4v) is 4.62. The van der Waals surface area contributed by atoms with Crippen LogP contribution in [-0.4, -0.2) is 37.6 Å². The quantitative estimate of drug-likeness (QED) is 0.733. The van der Waals surface area contributed by atoms with Gasteiger partial charge >= 0.3 is 0 Å².